The summed E-state index contributed by atoms with van der Waals surface area (Å²) < 4.78 is 4.93. The Labute approximate surface area is 75.3 Å². The van der Waals surface area contributed by atoms with E-state index in [1.165, 1.54) is 19.5 Å². The lowest BCUT2D eigenvalue weighted by molar-refractivity contribution is 0.101. The van der Waals surface area contributed by atoms with Crippen LogP contribution in [0.3, 0.4) is 0 Å². The van der Waals surface area contributed by atoms with E-state index in [1.807, 2.05) is 0 Å². The molecule has 0 unspecified atom stereocenters. The summed E-state index contributed by atoms with van der Waals surface area (Å²) in [5.41, 5.74) is 0.475. The first-order valence-electron chi connectivity index (χ1n) is 3.36. The van der Waals surface area contributed by atoms with Crippen molar-refractivity contribution in [2.45, 2.75) is 0 Å². The predicted octanol–water partition coefficient (Wildman–Crippen LogP) is 1.51. The highest BCUT2D eigenvalue weighted by Crippen LogP contribution is 2.16. The zero-order valence-electron chi connectivity index (χ0n) is 6.58. The Bertz CT molecular complexity index is 288. The van der Waals surface area contributed by atoms with E-state index in [-0.39, 0.29) is 11.7 Å². The van der Waals surface area contributed by atoms with Crippen molar-refractivity contribution in [3.8, 4) is 5.75 Å². The Morgan fingerprint density at radius 3 is 3.08 bits per heavy atom. The van der Waals surface area contributed by atoms with Gasteiger partial charge >= 0.3 is 0 Å². The van der Waals surface area contributed by atoms with Gasteiger partial charge in [0.2, 0.25) is 0 Å². The highest BCUT2D eigenvalue weighted by atomic mass is 35.5. The number of rotatable bonds is 3. The standard InChI is InChI=1S/C8H8ClNO2/c1-12-8-5-10-3-2-6(8)7(11)4-9/h2-3,5H,4H2,1H3. The average Bonchev–Trinajstić information content (AvgIpc) is 2.16. The van der Waals surface area contributed by atoms with E-state index in [0.29, 0.717) is 11.3 Å². The van der Waals surface area contributed by atoms with Crippen molar-refractivity contribution in [3.05, 3.63) is 24.0 Å². The minimum atomic E-state index is -0.157. The quantitative estimate of drug-likeness (QED) is 0.529. The minimum Gasteiger partial charge on any atom is -0.494 e. The number of ketones is 1. The number of methoxy groups -OCH3 is 1. The van der Waals surface area contributed by atoms with Gasteiger partial charge in [0, 0.05) is 6.20 Å². The molecule has 0 aliphatic rings. The Kier molecular flexibility index (Phi) is 3.05. The first-order valence-corrected chi connectivity index (χ1v) is 3.90. The molecule has 1 rings (SSSR count). The van der Waals surface area contributed by atoms with Crippen molar-refractivity contribution in [2.75, 3.05) is 13.0 Å². The molecule has 0 aliphatic heterocycles. The molecular formula is C8H8ClNO2. The molecule has 1 heterocycles. The average molecular weight is 186 g/mol. The van der Waals surface area contributed by atoms with Crippen molar-refractivity contribution >= 4 is 17.4 Å². The van der Waals surface area contributed by atoms with Gasteiger partial charge in [0.25, 0.3) is 0 Å². The van der Waals surface area contributed by atoms with Gasteiger partial charge < -0.3 is 4.74 Å². The first kappa shape index (κ1) is 9.00. The molecule has 0 atom stereocenters. The Morgan fingerprint density at radius 2 is 2.50 bits per heavy atom. The van der Waals surface area contributed by atoms with Crippen LogP contribution in [0.5, 0.6) is 5.75 Å². The number of alkyl halides is 1. The largest absolute Gasteiger partial charge is 0.494 e. The Hall–Kier alpha value is -1.09. The summed E-state index contributed by atoms with van der Waals surface area (Å²) in [5, 5.41) is 0. The van der Waals surface area contributed by atoms with Crippen molar-refractivity contribution in [1.82, 2.24) is 4.98 Å². The van der Waals surface area contributed by atoms with E-state index in [0.717, 1.165) is 0 Å². The summed E-state index contributed by atoms with van der Waals surface area (Å²) >= 11 is 5.39. The van der Waals surface area contributed by atoms with Crippen LogP contribution in [0.25, 0.3) is 0 Å². The molecule has 0 spiro atoms. The van der Waals surface area contributed by atoms with Crippen LogP contribution in [-0.2, 0) is 0 Å². The second-order valence-electron chi connectivity index (χ2n) is 2.13. The van der Waals surface area contributed by atoms with Crippen LogP contribution < -0.4 is 4.74 Å². The van der Waals surface area contributed by atoms with E-state index in [2.05, 4.69) is 4.98 Å². The van der Waals surface area contributed by atoms with Gasteiger partial charge in [0.05, 0.1) is 24.8 Å². The molecule has 1 aromatic heterocycles. The first-order chi connectivity index (χ1) is 5.79. The van der Waals surface area contributed by atoms with Gasteiger partial charge in [-0.15, -0.1) is 11.6 Å². The molecule has 0 saturated carbocycles. The van der Waals surface area contributed by atoms with Crippen LogP contribution in [-0.4, -0.2) is 23.8 Å². The fourth-order valence-corrected chi connectivity index (χ4v) is 0.989. The van der Waals surface area contributed by atoms with Crippen LogP contribution in [0.15, 0.2) is 18.5 Å². The van der Waals surface area contributed by atoms with E-state index < -0.39 is 0 Å². The maximum absolute atomic E-state index is 11.2. The molecule has 0 aromatic carbocycles. The number of aromatic nitrogens is 1. The Balaban J connectivity index is 3.04. The summed E-state index contributed by atoms with van der Waals surface area (Å²) in [7, 11) is 1.49. The van der Waals surface area contributed by atoms with E-state index in [9.17, 15) is 4.79 Å². The summed E-state index contributed by atoms with van der Waals surface area (Å²) in [5.74, 6) is 0.263. The van der Waals surface area contributed by atoms with Crippen LogP contribution in [0, 0.1) is 0 Å². The SMILES string of the molecule is COc1cnccc1C(=O)CCl. The van der Waals surface area contributed by atoms with Crippen molar-refractivity contribution in [2.24, 2.45) is 0 Å². The van der Waals surface area contributed by atoms with Gasteiger partial charge in [-0.1, -0.05) is 0 Å². The van der Waals surface area contributed by atoms with Gasteiger partial charge in [0.1, 0.15) is 5.75 Å². The molecule has 0 amide bonds. The van der Waals surface area contributed by atoms with Gasteiger partial charge in [-0.05, 0) is 6.07 Å². The lowest BCUT2D eigenvalue weighted by Crippen LogP contribution is -2.03. The van der Waals surface area contributed by atoms with Crippen LogP contribution in [0.2, 0.25) is 0 Å². The van der Waals surface area contributed by atoms with E-state index in [4.69, 9.17) is 16.3 Å². The van der Waals surface area contributed by atoms with Gasteiger partial charge in [-0.2, -0.15) is 0 Å². The fourth-order valence-electron chi connectivity index (χ4n) is 0.845. The predicted molar refractivity (Wildman–Crippen MR) is 45.8 cm³/mol. The lowest BCUT2D eigenvalue weighted by Gasteiger charge is -2.03. The lowest BCUT2D eigenvalue weighted by atomic mass is 10.2. The van der Waals surface area contributed by atoms with Gasteiger partial charge in [-0.3, -0.25) is 9.78 Å². The number of carbonyl (C=O) groups is 1. The molecule has 0 aliphatic carbocycles. The van der Waals surface area contributed by atoms with Crippen molar-refractivity contribution in [1.29, 1.82) is 0 Å². The van der Waals surface area contributed by atoms with E-state index in [1.54, 1.807) is 6.07 Å². The van der Waals surface area contributed by atoms with Crippen LogP contribution >= 0.6 is 11.6 Å². The summed E-state index contributed by atoms with van der Waals surface area (Å²) in [6.45, 7) is 0. The number of Topliss-reactive ketones (excluding diaryl/α,β-unsaturated/α-hetero) is 1. The van der Waals surface area contributed by atoms with Crippen molar-refractivity contribution < 1.29 is 9.53 Å². The van der Waals surface area contributed by atoms with Gasteiger partial charge in [-0.25, -0.2) is 0 Å². The number of ether oxygens (including phenoxy) is 1. The third kappa shape index (κ3) is 1.74. The van der Waals surface area contributed by atoms with Crippen LogP contribution in [0.4, 0.5) is 0 Å². The molecule has 0 N–H and O–H groups in total. The number of hydrogen-bond acceptors (Lipinski definition) is 3. The number of nitrogens with zero attached hydrogens (tertiary/aromatic N) is 1. The summed E-state index contributed by atoms with van der Waals surface area (Å²) in [6.07, 6.45) is 3.02. The topological polar surface area (TPSA) is 39.2 Å². The zero-order valence-corrected chi connectivity index (χ0v) is 7.34. The highest BCUT2D eigenvalue weighted by Gasteiger charge is 2.09. The molecule has 4 heteroatoms. The second kappa shape index (κ2) is 4.07. The normalized spacial score (nSPS) is 9.50. The number of pyridine rings is 1. The van der Waals surface area contributed by atoms with Crippen LogP contribution in [0.1, 0.15) is 10.4 Å². The number of hydrogen-bond donors (Lipinski definition) is 0. The number of halogens is 1. The van der Waals surface area contributed by atoms with Crippen molar-refractivity contribution in [3.63, 3.8) is 0 Å². The molecule has 0 saturated heterocycles. The second-order valence-corrected chi connectivity index (χ2v) is 2.40. The molecule has 1 aromatic rings. The smallest absolute Gasteiger partial charge is 0.181 e. The monoisotopic (exact) mass is 185 g/mol. The highest BCUT2D eigenvalue weighted by molar-refractivity contribution is 6.30. The molecule has 64 valence electrons. The molecule has 0 radical (unpaired) electrons. The molecular weight excluding hydrogens is 178 g/mol. The maximum Gasteiger partial charge on any atom is 0.181 e. The zero-order chi connectivity index (χ0) is 8.97. The summed E-state index contributed by atoms with van der Waals surface area (Å²) in [4.78, 5) is 15.0. The third-order valence-corrected chi connectivity index (χ3v) is 1.67. The molecule has 0 fully saturated rings. The minimum absolute atomic E-state index is 0.0413. The maximum atomic E-state index is 11.2. The molecule has 12 heavy (non-hydrogen) atoms. The fraction of sp³-hybridized carbons (Fsp3) is 0.250. The summed E-state index contributed by atoms with van der Waals surface area (Å²) in [6, 6.07) is 1.59. The Morgan fingerprint density at radius 1 is 1.75 bits per heavy atom. The molecule has 0 bridgehead atoms. The van der Waals surface area contributed by atoms with Gasteiger partial charge in [0.15, 0.2) is 5.78 Å². The van der Waals surface area contributed by atoms with E-state index >= 15 is 0 Å². The number of carbonyl (C=O) groups excluding carboxylic acids is 1. The third-order valence-electron chi connectivity index (χ3n) is 1.43. The molecule has 3 nitrogen and oxygen atoms in total.